The standard InChI is InChI=1S/C30H39ClO5S/c1-19(2)36-26(33)14-8-6-5-7-11-21-22(29(35)30(3,4)28(21)34)17-15-20(32)16-18-25-27(31)23-12-9-10-13-24(23)37-25/h5,7,9-10,12-13,15,17,19-22,29,32,35H,6,8,11,14,16,18H2,1-4H3/b7-5-,17-15+/t20?,21-,22-,29?/m1/s1. The van der Waals surface area contributed by atoms with Crippen LogP contribution in [0.1, 0.15) is 64.7 Å². The van der Waals surface area contributed by atoms with E-state index in [0.29, 0.717) is 32.1 Å². The molecule has 0 spiro atoms. The molecular weight excluding hydrogens is 508 g/mol. The van der Waals surface area contributed by atoms with Gasteiger partial charge in [0, 0.05) is 33.2 Å². The Morgan fingerprint density at radius 1 is 1.24 bits per heavy atom. The Labute approximate surface area is 229 Å². The van der Waals surface area contributed by atoms with Crippen molar-refractivity contribution in [2.75, 3.05) is 0 Å². The minimum absolute atomic E-state index is 0.0337. The number of esters is 1. The Bertz CT molecular complexity index is 1130. The first-order valence-corrected chi connectivity index (χ1v) is 14.3. The molecule has 0 saturated heterocycles. The Morgan fingerprint density at radius 3 is 2.68 bits per heavy atom. The maximum atomic E-state index is 13.1. The number of hydrogen-bond acceptors (Lipinski definition) is 6. The van der Waals surface area contributed by atoms with Gasteiger partial charge in [-0.15, -0.1) is 11.3 Å². The van der Waals surface area contributed by atoms with Crippen LogP contribution >= 0.6 is 22.9 Å². The average Bonchev–Trinajstić information content (AvgIpc) is 3.25. The zero-order valence-corrected chi connectivity index (χ0v) is 23.7. The molecule has 37 heavy (non-hydrogen) atoms. The van der Waals surface area contributed by atoms with Gasteiger partial charge in [0.2, 0.25) is 0 Å². The highest BCUT2D eigenvalue weighted by Crippen LogP contribution is 2.45. The van der Waals surface area contributed by atoms with Gasteiger partial charge < -0.3 is 14.9 Å². The number of Topliss-reactive ketones (excluding diaryl/α,β-unsaturated/α-hetero) is 1. The molecule has 202 valence electrons. The molecule has 2 unspecified atom stereocenters. The molecule has 0 amide bonds. The van der Waals surface area contributed by atoms with Gasteiger partial charge in [-0.1, -0.05) is 68.0 Å². The van der Waals surface area contributed by atoms with Gasteiger partial charge in [-0.2, -0.15) is 0 Å². The first-order valence-electron chi connectivity index (χ1n) is 13.1. The Hall–Kier alpha value is -1.99. The minimum Gasteiger partial charge on any atom is -0.463 e. The molecule has 7 heteroatoms. The second kappa shape index (κ2) is 13.2. The van der Waals surface area contributed by atoms with Crippen molar-refractivity contribution < 1.29 is 24.5 Å². The van der Waals surface area contributed by atoms with Gasteiger partial charge in [0.1, 0.15) is 5.78 Å². The van der Waals surface area contributed by atoms with Crippen molar-refractivity contribution in [2.45, 2.75) is 84.5 Å². The highest BCUT2D eigenvalue weighted by atomic mass is 35.5. The summed E-state index contributed by atoms with van der Waals surface area (Å²) in [6.07, 6.45) is 9.30. The summed E-state index contributed by atoms with van der Waals surface area (Å²) < 4.78 is 6.27. The van der Waals surface area contributed by atoms with Crippen LogP contribution in [-0.4, -0.2) is 40.3 Å². The van der Waals surface area contributed by atoms with E-state index in [0.717, 1.165) is 26.4 Å². The van der Waals surface area contributed by atoms with Crippen molar-refractivity contribution in [1.82, 2.24) is 0 Å². The Morgan fingerprint density at radius 2 is 1.97 bits per heavy atom. The van der Waals surface area contributed by atoms with Crippen molar-refractivity contribution in [2.24, 2.45) is 17.3 Å². The first kappa shape index (κ1) is 29.6. The smallest absolute Gasteiger partial charge is 0.306 e. The van der Waals surface area contributed by atoms with Gasteiger partial charge in [0.25, 0.3) is 0 Å². The fraction of sp³-hybridized carbons (Fsp3) is 0.533. The summed E-state index contributed by atoms with van der Waals surface area (Å²) in [6, 6.07) is 8.00. The molecule has 0 radical (unpaired) electrons. The van der Waals surface area contributed by atoms with Crippen LogP contribution in [0, 0.1) is 17.3 Å². The van der Waals surface area contributed by atoms with E-state index in [-0.39, 0.29) is 29.7 Å². The largest absolute Gasteiger partial charge is 0.463 e. The monoisotopic (exact) mass is 546 g/mol. The maximum Gasteiger partial charge on any atom is 0.306 e. The summed E-state index contributed by atoms with van der Waals surface area (Å²) in [4.78, 5) is 25.8. The second-order valence-electron chi connectivity index (χ2n) is 10.7. The SMILES string of the molecule is CC(C)OC(=O)CCC/C=C\C[C@H]1C(=O)C(C)(C)C(O)[C@@H]1/C=C/C(O)CCc1sc2ccccc2c1Cl. The molecule has 2 N–H and O–H groups in total. The third-order valence-electron chi connectivity index (χ3n) is 7.04. The predicted octanol–water partition coefficient (Wildman–Crippen LogP) is 6.67. The van der Waals surface area contributed by atoms with Gasteiger partial charge in [-0.3, -0.25) is 9.59 Å². The molecule has 1 aliphatic carbocycles. The summed E-state index contributed by atoms with van der Waals surface area (Å²) in [5.41, 5.74) is -0.844. The second-order valence-corrected chi connectivity index (χ2v) is 12.2. The topological polar surface area (TPSA) is 83.8 Å². The van der Waals surface area contributed by atoms with E-state index < -0.39 is 17.6 Å². The van der Waals surface area contributed by atoms with E-state index in [2.05, 4.69) is 0 Å². The highest BCUT2D eigenvalue weighted by Gasteiger charge is 2.52. The summed E-state index contributed by atoms with van der Waals surface area (Å²) in [6.45, 7) is 7.23. The molecule has 2 aromatic rings. The molecular formula is C30H39ClO5S. The van der Waals surface area contributed by atoms with E-state index in [9.17, 15) is 19.8 Å². The van der Waals surface area contributed by atoms with Crippen LogP contribution in [0.15, 0.2) is 48.6 Å². The van der Waals surface area contributed by atoms with Gasteiger partial charge in [0.15, 0.2) is 0 Å². The number of ether oxygens (including phenoxy) is 1. The molecule has 1 heterocycles. The molecule has 0 bridgehead atoms. The third kappa shape index (κ3) is 7.53. The molecule has 1 fully saturated rings. The zero-order valence-electron chi connectivity index (χ0n) is 22.2. The number of halogens is 1. The molecule has 4 atom stereocenters. The van der Waals surface area contributed by atoms with Crippen molar-refractivity contribution in [1.29, 1.82) is 0 Å². The molecule has 1 saturated carbocycles. The Balaban J connectivity index is 1.55. The number of allylic oxidation sites excluding steroid dienone is 2. The number of hydrogen-bond donors (Lipinski definition) is 2. The van der Waals surface area contributed by atoms with E-state index >= 15 is 0 Å². The number of carbonyl (C=O) groups is 2. The van der Waals surface area contributed by atoms with Gasteiger partial charge in [-0.05, 0) is 52.0 Å². The summed E-state index contributed by atoms with van der Waals surface area (Å²) >= 11 is 8.18. The molecule has 5 nitrogen and oxygen atoms in total. The summed E-state index contributed by atoms with van der Waals surface area (Å²) in [7, 11) is 0. The highest BCUT2D eigenvalue weighted by molar-refractivity contribution is 7.19. The molecule has 1 aromatic heterocycles. The lowest BCUT2D eigenvalue weighted by Crippen LogP contribution is -2.31. The van der Waals surface area contributed by atoms with Gasteiger partial charge in [-0.25, -0.2) is 0 Å². The van der Waals surface area contributed by atoms with E-state index in [1.165, 1.54) is 0 Å². The average molecular weight is 547 g/mol. The van der Waals surface area contributed by atoms with Crippen molar-refractivity contribution in [3.05, 3.63) is 58.5 Å². The number of aliphatic hydroxyl groups excluding tert-OH is 2. The summed E-state index contributed by atoms with van der Waals surface area (Å²) in [5, 5.41) is 23.3. The number of unbranched alkanes of at least 4 members (excludes halogenated alkanes) is 1. The summed E-state index contributed by atoms with van der Waals surface area (Å²) in [5.74, 6) is -0.882. The quantitative estimate of drug-likeness (QED) is 0.176. The van der Waals surface area contributed by atoms with Crippen LogP contribution < -0.4 is 0 Å². The van der Waals surface area contributed by atoms with Crippen LogP contribution in [0.5, 0.6) is 0 Å². The van der Waals surface area contributed by atoms with Gasteiger partial charge in [0.05, 0.1) is 28.7 Å². The number of aryl methyl sites for hydroxylation is 1. The number of thiophene rings is 1. The number of ketones is 1. The zero-order chi connectivity index (χ0) is 27.2. The van der Waals surface area contributed by atoms with Crippen LogP contribution in [-0.2, 0) is 20.7 Å². The molecule has 3 rings (SSSR count). The maximum absolute atomic E-state index is 13.1. The molecule has 1 aromatic carbocycles. The number of carbonyl (C=O) groups excluding carboxylic acids is 2. The number of fused-ring (bicyclic) bond motifs is 1. The van der Waals surface area contributed by atoms with Crippen molar-refractivity contribution in [3.8, 4) is 0 Å². The van der Waals surface area contributed by atoms with Crippen LogP contribution in [0.2, 0.25) is 5.02 Å². The fourth-order valence-corrected chi connectivity index (χ4v) is 6.45. The van der Waals surface area contributed by atoms with Crippen LogP contribution in [0.3, 0.4) is 0 Å². The molecule has 1 aliphatic rings. The van der Waals surface area contributed by atoms with Gasteiger partial charge >= 0.3 is 5.97 Å². The first-order chi connectivity index (χ1) is 17.5. The van der Waals surface area contributed by atoms with Crippen LogP contribution in [0.4, 0.5) is 0 Å². The van der Waals surface area contributed by atoms with Crippen molar-refractivity contribution in [3.63, 3.8) is 0 Å². The van der Waals surface area contributed by atoms with Crippen LogP contribution in [0.25, 0.3) is 10.1 Å². The lowest BCUT2D eigenvalue weighted by atomic mass is 9.86. The number of benzene rings is 1. The number of rotatable bonds is 12. The normalized spacial score (nSPS) is 22.6. The lowest BCUT2D eigenvalue weighted by Gasteiger charge is -2.22. The molecule has 0 aliphatic heterocycles. The minimum atomic E-state index is -0.844. The number of aliphatic hydroxyl groups is 2. The van der Waals surface area contributed by atoms with E-state index in [1.807, 2.05) is 56.3 Å². The predicted molar refractivity (Wildman–Crippen MR) is 151 cm³/mol. The van der Waals surface area contributed by atoms with E-state index in [1.54, 1.807) is 31.3 Å². The van der Waals surface area contributed by atoms with E-state index in [4.69, 9.17) is 16.3 Å². The van der Waals surface area contributed by atoms with Crippen molar-refractivity contribution >= 4 is 44.8 Å². The third-order valence-corrected chi connectivity index (χ3v) is 8.81. The Kier molecular flexibility index (Phi) is 10.5. The lowest BCUT2D eigenvalue weighted by molar-refractivity contribution is -0.147. The fourth-order valence-electron chi connectivity index (χ4n) is 4.91.